The minimum absolute atomic E-state index is 0. The Morgan fingerprint density at radius 2 is 1.82 bits per heavy atom. The van der Waals surface area contributed by atoms with Crippen LogP contribution >= 0.6 is 12.4 Å². The normalized spacial score (nSPS) is 22.4. The van der Waals surface area contributed by atoms with Crippen molar-refractivity contribution < 1.29 is 14.3 Å². The van der Waals surface area contributed by atoms with Gasteiger partial charge in [0.15, 0.2) is 0 Å². The molecule has 22 heavy (non-hydrogen) atoms. The van der Waals surface area contributed by atoms with E-state index in [2.05, 4.69) is 5.32 Å². The fraction of sp³-hybridized carbons (Fsp3) is 0.867. The minimum atomic E-state index is -0.575. The lowest BCUT2D eigenvalue weighted by molar-refractivity contribution is -0.142. The second-order valence-electron chi connectivity index (χ2n) is 6.18. The van der Waals surface area contributed by atoms with Crippen LogP contribution in [-0.2, 0) is 14.3 Å². The molecule has 0 aromatic heterocycles. The lowest BCUT2D eigenvalue weighted by atomic mass is 9.79. The Morgan fingerprint density at radius 3 is 2.36 bits per heavy atom. The molecule has 2 amide bonds. The van der Waals surface area contributed by atoms with Gasteiger partial charge in [-0.3, -0.25) is 9.59 Å². The molecule has 2 rings (SSSR count). The van der Waals surface area contributed by atoms with Crippen LogP contribution in [0.25, 0.3) is 0 Å². The third-order valence-corrected chi connectivity index (χ3v) is 4.71. The summed E-state index contributed by atoms with van der Waals surface area (Å²) in [5.74, 6) is -0.0894. The zero-order valence-corrected chi connectivity index (χ0v) is 14.1. The van der Waals surface area contributed by atoms with E-state index in [4.69, 9.17) is 10.5 Å². The van der Waals surface area contributed by atoms with Gasteiger partial charge < -0.3 is 20.7 Å². The van der Waals surface area contributed by atoms with Crippen LogP contribution in [0.3, 0.4) is 0 Å². The second kappa shape index (κ2) is 8.70. The molecule has 0 aromatic carbocycles. The van der Waals surface area contributed by atoms with Crippen LogP contribution in [0.1, 0.15) is 39.0 Å². The third kappa shape index (κ3) is 4.33. The monoisotopic (exact) mass is 333 g/mol. The maximum atomic E-state index is 12.5. The van der Waals surface area contributed by atoms with E-state index in [1.165, 1.54) is 6.42 Å². The van der Waals surface area contributed by atoms with Gasteiger partial charge in [0.2, 0.25) is 11.8 Å². The molecule has 2 aliphatic rings. The van der Waals surface area contributed by atoms with Crippen LogP contribution in [0, 0.1) is 5.41 Å². The zero-order valence-electron chi connectivity index (χ0n) is 13.3. The summed E-state index contributed by atoms with van der Waals surface area (Å²) in [5, 5.41) is 2.87. The Kier molecular flexibility index (Phi) is 7.59. The molecule has 2 saturated heterocycles. The van der Waals surface area contributed by atoms with Crippen LogP contribution in [0.2, 0.25) is 0 Å². The highest BCUT2D eigenvalue weighted by Gasteiger charge is 2.40. The van der Waals surface area contributed by atoms with Crippen molar-refractivity contribution in [3.63, 3.8) is 0 Å². The average molecular weight is 334 g/mol. The summed E-state index contributed by atoms with van der Waals surface area (Å²) in [7, 11) is 0. The van der Waals surface area contributed by atoms with E-state index < -0.39 is 11.5 Å². The van der Waals surface area contributed by atoms with Crippen molar-refractivity contribution in [2.45, 2.75) is 45.1 Å². The molecule has 3 N–H and O–H groups in total. The SMILES string of the molecule is C[C@H](NC(=O)C1(CN)CCOCC1)C(=O)N1CCCCC1.Cl. The van der Waals surface area contributed by atoms with Gasteiger partial charge in [-0.1, -0.05) is 0 Å². The first-order valence-corrected chi connectivity index (χ1v) is 7.97. The van der Waals surface area contributed by atoms with E-state index in [0.717, 1.165) is 25.9 Å². The van der Waals surface area contributed by atoms with Crippen molar-refractivity contribution >= 4 is 24.2 Å². The van der Waals surface area contributed by atoms with Crippen molar-refractivity contribution in [1.29, 1.82) is 0 Å². The molecule has 6 nitrogen and oxygen atoms in total. The molecule has 2 heterocycles. The Hall–Kier alpha value is -0.850. The van der Waals surface area contributed by atoms with Gasteiger partial charge in [-0.25, -0.2) is 0 Å². The highest BCUT2D eigenvalue weighted by Crippen LogP contribution is 2.29. The molecular formula is C15H28ClN3O3. The number of nitrogens with two attached hydrogens (primary N) is 1. The van der Waals surface area contributed by atoms with E-state index >= 15 is 0 Å². The van der Waals surface area contributed by atoms with Crippen LogP contribution in [0.4, 0.5) is 0 Å². The number of likely N-dealkylation sites (tertiary alicyclic amines) is 1. The summed E-state index contributed by atoms with van der Waals surface area (Å²) < 4.78 is 5.31. The quantitative estimate of drug-likeness (QED) is 0.792. The highest BCUT2D eigenvalue weighted by atomic mass is 35.5. The first-order chi connectivity index (χ1) is 10.1. The largest absolute Gasteiger partial charge is 0.381 e. The molecule has 7 heteroatoms. The molecule has 128 valence electrons. The van der Waals surface area contributed by atoms with Crippen molar-refractivity contribution in [2.75, 3.05) is 32.8 Å². The summed E-state index contributed by atoms with van der Waals surface area (Å²) in [6.45, 7) is 4.77. The lowest BCUT2D eigenvalue weighted by Gasteiger charge is -2.36. The number of piperidine rings is 1. The van der Waals surface area contributed by atoms with Crippen molar-refractivity contribution in [1.82, 2.24) is 10.2 Å². The van der Waals surface area contributed by atoms with Gasteiger partial charge in [0.1, 0.15) is 6.04 Å². The van der Waals surface area contributed by atoms with E-state index in [1.807, 2.05) is 4.90 Å². The Morgan fingerprint density at radius 1 is 1.23 bits per heavy atom. The lowest BCUT2D eigenvalue weighted by Crippen LogP contribution is -2.55. The average Bonchev–Trinajstić information content (AvgIpc) is 2.55. The van der Waals surface area contributed by atoms with Gasteiger partial charge >= 0.3 is 0 Å². The maximum Gasteiger partial charge on any atom is 0.244 e. The number of rotatable bonds is 4. The first-order valence-electron chi connectivity index (χ1n) is 7.97. The van der Waals surface area contributed by atoms with E-state index in [0.29, 0.717) is 32.6 Å². The Balaban J connectivity index is 0.00000242. The van der Waals surface area contributed by atoms with Gasteiger partial charge in [-0.05, 0) is 39.0 Å². The summed E-state index contributed by atoms with van der Waals surface area (Å²) >= 11 is 0. The number of carbonyl (C=O) groups is 2. The first kappa shape index (κ1) is 19.2. The van der Waals surface area contributed by atoms with Crippen molar-refractivity contribution in [3.8, 4) is 0 Å². The van der Waals surface area contributed by atoms with Gasteiger partial charge in [-0.15, -0.1) is 12.4 Å². The van der Waals surface area contributed by atoms with Crippen molar-refractivity contribution in [2.24, 2.45) is 11.1 Å². The Labute approximate surface area is 138 Å². The van der Waals surface area contributed by atoms with Crippen molar-refractivity contribution in [3.05, 3.63) is 0 Å². The number of nitrogens with zero attached hydrogens (tertiary/aromatic N) is 1. The molecule has 0 spiro atoms. The number of amides is 2. The van der Waals surface area contributed by atoms with Crippen LogP contribution < -0.4 is 11.1 Å². The minimum Gasteiger partial charge on any atom is -0.381 e. The molecule has 0 saturated carbocycles. The van der Waals surface area contributed by atoms with Crippen LogP contribution in [0.5, 0.6) is 0 Å². The standard InChI is InChI=1S/C15H27N3O3.ClH/c1-12(13(19)18-7-3-2-4-8-18)17-14(20)15(11-16)5-9-21-10-6-15;/h12H,2-11,16H2,1H3,(H,17,20);1H/t12-;/m0./s1. The molecule has 1 atom stereocenters. The van der Waals surface area contributed by atoms with Crippen LogP contribution in [-0.4, -0.2) is 55.6 Å². The third-order valence-electron chi connectivity index (χ3n) is 4.71. The maximum absolute atomic E-state index is 12.5. The van der Waals surface area contributed by atoms with E-state index in [-0.39, 0.29) is 24.2 Å². The molecule has 0 aliphatic carbocycles. The topological polar surface area (TPSA) is 84.7 Å². The molecule has 0 radical (unpaired) electrons. The zero-order chi connectivity index (χ0) is 15.3. The summed E-state index contributed by atoms with van der Waals surface area (Å²) in [5.41, 5.74) is 5.25. The summed E-state index contributed by atoms with van der Waals surface area (Å²) in [6, 6.07) is -0.484. The molecule has 0 unspecified atom stereocenters. The summed E-state index contributed by atoms with van der Waals surface area (Å²) in [6.07, 6.45) is 4.54. The van der Waals surface area contributed by atoms with E-state index in [1.54, 1.807) is 6.92 Å². The number of carbonyl (C=O) groups excluding carboxylic acids is 2. The molecular weight excluding hydrogens is 306 g/mol. The highest BCUT2D eigenvalue weighted by molar-refractivity contribution is 5.90. The van der Waals surface area contributed by atoms with Gasteiger partial charge in [0.05, 0.1) is 5.41 Å². The molecule has 2 fully saturated rings. The number of nitrogens with one attached hydrogen (secondary N) is 1. The van der Waals surface area contributed by atoms with E-state index in [9.17, 15) is 9.59 Å². The fourth-order valence-corrected chi connectivity index (χ4v) is 3.09. The molecule has 0 bridgehead atoms. The molecule has 0 aromatic rings. The second-order valence-corrected chi connectivity index (χ2v) is 6.18. The van der Waals surface area contributed by atoms with Gasteiger partial charge in [0.25, 0.3) is 0 Å². The fourth-order valence-electron chi connectivity index (χ4n) is 3.09. The Bertz CT molecular complexity index is 380. The van der Waals surface area contributed by atoms with Gasteiger partial charge in [-0.2, -0.15) is 0 Å². The smallest absolute Gasteiger partial charge is 0.244 e. The predicted molar refractivity (Wildman–Crippen MR) is 86.8 cm³/mol. The molecule has 2 aliphatic heterocycles. The van der Waals surface area contributed by atoms with Gasteiger partial charge in [0, 0.05) is 32.8 Å². The summed E-state index contributed by atoms with van der Waals surface area (Å²) in [4.78, 5) is 26.8. The number of halogens is 1. The number of ether oxygens (including phenoxy) is 1. The number of hydrogen-bond acceptors (Lipinski definition) is 4. The number of hydrogen-bond donors (Lipinski definition) is 2. The van der Waals surface area contributed by atoms with Crippen LogP contribution in [0.15, 0.2) is 0 Å². The predicted octanol–water partition coefficient (Wildman–Crippen LogP) is 0.681.